The lowest BCUT2D eigenvalue weighted by molar-refractivity contribution is -0.384. The number of pyridine rings is 1. The minimum Gasteiger partial charge on any atom is -0.353 e. The van der Waals surface area contributed by atoms with Crippen LogP contribution in [0.15, 0.2) is 18.3 Å². The van der Waals surface area contributed by atoms with Gasteiger partial charge in [-0.3, -0.25) is 10.1 Å². The third-order valence-electron chi connectivity index (χ3n) is 4.31. The van der Waals surface area contributed by atoms with Crippen molar-refractivity contribution >= 4 is 11.5 Å². The molecule has 1 aromatic heterocycles. The average molecular weight is 292 g/mol. The Bertz CT molecular complexity index is 474. The minimum absolute atomic E-state index is 0.0697. The fourth-order valence-corrected chi connectivity index (χ4v) is 2.94. The zero-order chi connectivity index (χ0) is 15.2. The first kappa shape index (κ1) is 15.7. The topological polar surface area (TPSA) is 62.5 Å². The van der Waals surface area contributed by atoms with Crippen LogP contribution in [0.3, 0.4) is 0 Å². The fraction of sp³-hybridized carbons (Fsp3) is 0.667. The summed E-state index contributed by atoms with van der Waals surface area (Å²) in [4.78, 5) is 19.1. The first-order chi connectivity index (χ1) is 10.1. The maximum Gasteiger partial charge on any atom is 0.311 e. The molecule has 0 spiro atoms. The molecule has 0 aliphatic heterocycles. The van der Waals surface area contributed by atoms with Crippen LogP contribution in [-0.2, 0) is 0 Å². The molecule has 0 radical (unpaired) electrons. The molecule has 1 fully saturated rings. The first-order valence-electron chi connectivity index (χ1n) is 7.60. The van der Waals surface area contributed by atoms with Gasteiger partial charge in [0.05, 0.1) is 4.92 Å². The summed E-state index contributed by atoms with van der Waals surface area (Å²) in [5, 5.41) is 11.0. The van der Waals surface area contributed by atoms with E-state index in [2.05, 4.69) is 16.9 Å². The summed E-state index contributed by atoms with van der Waals surface area (Å²) in [7, 11) is 4.01. The average Bonchev–Trinajstić information content (AvgIpc) is 2.53. The van der Waals surface area contributed by atoms with Crippen molar-refractivity contribution in [3.63, 3.8) is 0 Å². The van der Waals surface area contributed by atoms with E-state index < -0.39 is 0 Å². The van der Waals surface area contributed by atoms with E-state index in [1.807, 2.05) is 11.9 Å². The summed E-state index contributed by atoms with van der Waals surface area (Å²) in [6.07, 6.45) is 8.12. The van der Waals surface area contributed by atoms with Gasteiger partial charge in [0.2, 0.25) is 5.82 Å². The van der Waals surface area contributed by atoms with E-state index in [1.54, 1.807) is 12.3 Å². The van der Waals surface area contributed by atoms with Crippen molar-refractivity contribution in [1.29, 1.82) is 0 Å². The molecule has 0 bridgehead atoms. The van der Waals surface area contributed by atoms with Gasteiger partial charge in [-0.15, -0.1) is 0 Å². The molecule has 0 aromatic carbocycles. The third kappa shape index (κ3) is 4.14. The summed E-state index contributed by atoms with van der Waals surface area (Å²) >= 11 is 0. The lowest BCUT2D eigenvalue weighted by Gasteiger charge is -2.32. The van der Waals surface area contributed by atoms with Gasteiger partial charge >= 0.3 is 5.69 Å². The molecule has 1 heterocycles. The SMILES string of the molecule is CN(CCN(C)C1CCCCC1)c1ncccc1[N+](=O)[O-]. The number of nitro groups is 1. The highest BCUT2D eigenvalue weighted by molar-refractivity contribution is 5.56. The van der Waals surface area contributed by atoms with Crippen LogP contribution in [0.4, 0.5) is 11.5 Å². The molecular weight excluding hydrogens is 268 g/mol. The zero-order valence-corrected chi connectivity index (χ0v) is 12.9. The van der Waals surface area contributed by atoms with Crippen molar-refractivity contribution in [1.82, 2.24) is 9.88 Å². The number of likely N-dealkylation sites (N-methyl/N-ethyl adjacent to an activating group) is 2. The number of hydrogen-bond acceptors (Lipinski definition) is 5. The molecule has 0 unspecified atom stereocenters. The molecule has 21 heavy (non-hydrogen) atoms. The zero-order valence-electron chi connectivity index (χ0n) is 12.9. The van der Waals surface area contributed by atoms with Crippen LogP contribution < -0.4 is 4.90 Å². The van der Waals surface area contributed by atoms with Gasteiger partial charge in [0.15, 0.2) is 0 Å². The highest BCUT2D eigenvalue weighted by Gasteiger charge is 2.20. The van der Waals surface area contributed by atoms with Crippen LogP contribution >= 0.6 is 0 Å². The molecule has 0 amide bonds. The Morgan fingerprint density at radius 3 is 2.67 bits per heavy atom. The van der Waals surface area contributed by atoms with Crippen LogP contribution in [0.25, 0.3) is 0 Å². The number of nitrogens with zero attached hydrogens (tertiary/aromatic N) is 4. The van der Waals surface area contributed by atoms with E-state index in [-0.39, 0.29) is 10.6 Å². The Hall–Kier alpha value is -1.69. The lowest BCUT2D eigenvalue weighted by Crippen LogP contribution is -2.38. The van der Waals surface area contributed by atoms with Gasteiger partial charge in [-0.2, -0.15) is 0 Å². The number of anilines is 1. The maximum atomic E-state index is 11.0. The van der Waals surface area contributed by atoms with E-state index in [1.165, 1.54) is 38.2 Å². The van der Waals surface area contributed by atoms with Gasteiger partial charge in [-0.1, -0.05) is 19.3 Å². The minimum atomic E-state index is -0.371. The molecule has 6 nitrogen and oxygen atoms in total. The molecule has 6 heteroatoms. The number of hydrogen-bond donors (Lipinski definition) is 0. The molecule has 1 aromatic rings. The Balaban J connectivity index is 1.92. The molecule has 116 valence electrons. The van der Waals surface area contributed by atoms with E-state index >= 15 is 0 Å². The second-order valence-electron chi connectivity index (χ2n) is 5.80. The van der Waals surface area contributed by atoms with Crippen molar-refractivity contribution in [2.45, 2.75) is 38.1 Å². The highest BCUT2D eigenvalue weighted by Crippen LogP contribution is 2.24. The van der Waals surface area contributed by atoms with Crippen LogP contribution in [0.1, 0.15) is 32.1 Å². The Morgan fingerprint density at radius 2 is 2.00 bits per heavy atom. The molecule has 1 saturated carbocycles. The Morgan fingerprint density at radius 1 is 1.29 bits per heavy atom. The first-order valence-corrected chi connectivity index (χ1v) is 7.60. The van der Waals surface area contributed by atoms with Crippen LogP contribution in [0, 0.1) is 10.1 Å². The van der Waals surface area contributed by atoms with Crippen molar-refractivity contribution < 1.29 is 4.92 Å². The van der Waals surface area contributed by atoms with Gasteiger partial charge in [0.25, 0.3) is 0 Å². The van der Waals surface area contributed by atoms with Crippen molar-refractivity contribution in [3.8, 4) is 0 Å². The largest absolute Gasteiger partial charge is 0.353 e. The summed E-state index contributed by atoms with van der Waals surface area (Å²) in [6, 6.07) is 3.76. The summed E-state index contributed by atoms with van der Waals surface area (Å²) in [5.74, 6) is 0.444. The van der Waals surface area contributed by atoms with Gasteiger partial charge < -0.3 is 9.80 Å². The predicted octanol–water partition coefficient (Wildman–Crippen LogP) is 2.69. The molecular formula is C15H24N4O2. The number of rotatable bonds is 6. The van der Waals surface area contributed by atoms with E-state index in [4.69, 9.17) is 0 Å². The standard InChI is InChI=1S/C15H24N4O2/c1-17(13-7-4-3-5-8-13)11-12-18(2)15-14(19(20)21)9-6-10-16-15/h6,9-10,13H,3-5,7-8,11-12H2,1-2H3. The van der Waals surface area contributed by atoms with E-state index in [0.29, 0.717) is 11.9 Å². The summed E-state index contributed by atoms with van der Waals surface area (Å²) < 4.78 is 0. The van der Waals surface area contributed by atoms with Crippen molar-refractivity contribution in [3.05, 3.63) is 28.4 Å². The molecule has 0 N–H and O–H groups in total. The second kappa shape index (κ2) is 7.36. The number of aromatic nitrogens is 1. The fourth-order valence-electron chi connectivity index (χ4n) is 2.94. The molecule has 0 saturated heterocycles. The van der Waals surface area contributed by atoms with Gasteiger partial charge in [-0.25, -0.2) is 4.98 Å². The van der Waals surface area contributed by atoms with Gasteiger partial charge in [0.1, 0.15) is 0 Å². The van der Waals surface area contributed by atoms with Crippen LogP contribution in [0.2, 0.25) is 0 Å². The molecule has 1 aliphatic carbocycles. The Labute approximate surface area is 125 Å². The summed E-state index contributed by atoms with van der Waals surface area (Å²) in [5.41, 5.74) is 0.0697. The maximum absolute atomic E-state index is 11.0. The quantitative estimate of drug-likeness (QED) is 0.596. The molecule has 1 aliphatic rings. The Kier molecular flexibility index (Phi) is 5.50. The predicted molar refractivity (Wildman–Crippen MR) is 83.7 cm³/mol. The van der Waals surface area contributed by atoms with Gasteiger partial charge in [-0.05, 0) is 26.0 Å². The van der Waals surface area contributed by atoms with Crippen molar-refractivity contribution in [2.75, 3.05) is 32.1 Å². The lowest BCUT2D eigenvalue weighted by atomic mass is 9.94. The third-order valence-corrected chi connectivity index (χ3v) is 4.31. The summed E-state index contributed by atoms with van der Waals surface area (Å²) in [6.45, 7) is 1.64. The van der Waals surface area contributed by atoms with Gasteiger partial charge in [0, 0.05) is 38.4 Å². The normalized spacial score (nSPS) is 16.1. The van der Waals surface area contributed by atoms with Crippen LogP contribution in [-0.4, -0.2) is 48.0 Å². The van der Waals surface area contributed by atoms with E-state index in [0.717, 1.165) is 13.1 Å². The van der Waals surface area contributed by atoms with Crippen LogP contribution in [0.5, 0.6) is 0 Å². The smallest absolute Gasteiger partial charge is 0.311 e. The molecule has 0 atom stereocenters. The second-order valence-corrected chi connectivity index (χ2v) is 5.80. The monoisotopic (exact) mass is 292 g/mol. The molecule has 2 rings (SSSR count). The van der Waals surface area contributed by atoms with E-state index in [9.17, 15) is 10.1 Å². The van der Waals surface area contributed by atoms with Crippen molar-refractivity contribution in [2.24, 2.45) is 0 Å². The highest BCUT2D eigenvalue weighted by atomic mass is 16.6.